The molecule has 0 saturated heterocycles. The van der Waals surface area contributed by atoms with E-state index in [-0.39, 0.29) is 6.71 Å². The van der Waals surface area contributed by atoms with Gasteiger partial charge in [0.25, 0.3) is 6.71 Å². The summed E-state index contributed by atoms with van der Waals surface area (Å²) in [6.07, 6.45) is 22.0. The minimum Gasteiger partial charge on any atom is -0.310 e. The molecule has 0 atom stereocenters. The largest absolute Gasteiger partial charge is 0.310 e. The molecule has 0 aliphatic carbocycles. The van der Waals surface area contributed by atoms with Crippen molar-refractivity contribution in [1.29, 1.82) is 0 Å². The average molecular weight is 1020 g/mol. The minimum atomic E-state index is 0.0133. The second-order valence-electron chi connectivity index (χ2n) is 22.3. The van der Waals surface area contributed by atoms with Crippen LogP contribution < -0.4 is 26.2 Å². The van der Waals surface area contributed by atoms with E-state index in [1.165, 1.54) is 202 Å². The Morgan fingerprint density at radius 2 is 0.603 bits per heavy atom. The summed E-state index contributed by atoms with van der Waals surface area (Å²) in [6.45, 7) is 6.98. The Bertz CT molecular complexity index is 3070. The fraction of sp³-hybridized carbons (Fsp3) is 0.280. The van der Waals surface area contributed by atoms with Crippen LogP contribution in [0.1, 0.15) is 134 Å². The van der Waals surface area contributed by atoms with E-state index in [2.05, 4.69) is 237 Å². The van der Waals surface area contributed by atoms with Gasteiger partial charge in [-0.25, -0.2) is 0 Å². The molecule has 0 aromatic heterocycles. The van der Waals surface area contributed by atoms with E-state index < -0.39 is 0 Å². The predicted octanol–water partition coefficient (Wildman–Crippen LogP) is 20.0. The molecule has 0 bridgehead atoms. The molecule has 2 aliphatic rings. The van der Waals surface area contributed by atoms with Gasteiger partial charge in [0.2, 0.25) is 0 Å². The second-order valence-corrected chi connectivity index (χ2v) is 22.3. The third-order valence-electron chi connectivity index (χ3n) is 16.8. The third-order valence-corrected chi connectivity index (χ3v) is 16.8. The van der Waals surface area contributed by atoms with Gasteiger partial charge in [0.1, 0.15) is 0 Å². The zero-order chi connectivity index (χ0) is 53.0. The van der Waals surface area contributed by atoms with Gasteiger partial charge in [-0.15, -0.1) is 0 Å². The van der Waals surface area contributed by atoms with Gasteiger partial charge in [0.15, 0.2) is 0 Å². The topological polar surface area (TPSA) is 6.48 Å². The van der Waals surface area contributed by atoms with Gasteiger partial charge in [-0.3, -0.25) is 0 Å². The summed E-state index contributed by atoms with van der Waals surface area (Å²) in [6, 6.07) is 79.3. The van der Waals surface area contributed by atoms with Crippen LogP contribution in [0.15, 0.2) is 206 Å². The fourth-order valence-electron chi connectivity index (χ4n) is 12.9. The number of fused-ring (bicyclic) bond motifs is 4. The molecule has 9 aromatic carbocycles. The molecule has 3 heteroatoms. The number of rotatable bonds is 24. The van der Waals surface area contributed by atoms with E-state index in [4.69, 9.17) is 0 Å². The lowest BCUT2D eigenvalue weighted by Crippen LogP contribution is -2.61. The summed E-state index contributed by atoms with van der Waals surface area (Å²) in [7, 11) is 0. The maximum Gasteiger partial charge on any atom is 0.252 e. The number of nitrogens with zero attached hydrogens (tertiary/aromatic N) is 2. The molecule has 2 aliphatic heterocycles. The first-order valence-corrected chi connectivity index (χ1v) is 30.2. The highest BCUT2D eigenvalue weighted by Gasteiger charge is 2.45. The third kappa shape index (κ3) is 11.2. The molecule has 2 nitrogen and oxygen atoms in total. The van der Waals surface area contributed by atoms with Crippen LogP contribution in [-0.2, 0) is 19.3 Å². The Morgan fingerprint density at radius 3 is 0.936 bits per heavy atom. The molecule has 0 saturated carbocycles. The van der Waals surface area contributed by atoms with Crippen LogP contribution in [0.2, 0.25) is 0 Å². The highest BCUT2D eigenvalue weighted by Crippen LogP contribution is 2.53. The fourth-order valence-corrected chi connectivity index (χ4v) is 12.9. The van der Waals surface area contributed by atoms with Gasteiger partial charge in [-0.05, 0) is 118 Å². The average Bonchev–Trinajstić information content (AvgIpc) is 3.11. The smallest absolute Gasteiger partial charge is 0.252 e. The highest BCUT2D eigenvalue weighted by atomic mass is 15.2. The molecular weight excluding hydrogens is 940 g/mol. The summed E-state index contributed by atoms with van der Waals surface area (Å²) < 4.78 is 0. The van der Waals surface area contributed by atoms with E-state index in [0.717, 1.165) is 25.7 Å². The van der Waals surface area contributed by atoms with Gasteiger partial charge < -0.3 is 9.80 Å². The van der Waals surface area contributed by atoms with Gasteiger partial charge in [0.05, 0.1) is 11.4 Å². The predicted molar refractivity (Wildman–Crippen MR) is 340 cm³/mol. The SMILES string of the molecule is CCCCCCCc1ccc2c(c1)B1c3cc(CCCCCCC)ccc3N(c3c(-c4ccccc4)cccc3-c3ccccc3)c3cc(CCCCCCC)cc(c31)N2c1c(-c2ccccc2)cccc1-c1ccccc1. The molecule has 9 aromatic rings. The molecular formula is C75H79BN2. The van der Waals surface area contributed by atoms with E-state index in [0.29, 0.717) is 0 Å². The Morgan fingerprint density at radius 1 is 0.282 bits per heavy atom. The normalized spacial score (nSPS) is 12.4. The van der Waals surface area contributed by atoms with Crippen molar-refractivity contribution >= 4 is 57.2 Å². The van der Waals surface area contributed by atoms with Crippen molar-refractivity contribution in [2.75, 3.05) is 9.80 Å². The van der Waals surface area contributed by atoms with Crippen molar-refractivity contribution in [3.63, 3.8) is 0 Å². The molecule has 0 fully saturated rings. The zero-order valence-electron chi connectivity index (χ0n) is 46.8. The minimum absolute atomic E-state index is 0.0133. The lowest BCUT2D eigenvalue weighted by Gasteiger charge is -2.46. The zero-order valence-corrected chi connectivity index (χ0v) is 46.8. The van der Waals surface area contributed by atoms with Crippen molar-refractivity contribution in [2.24, 2.45) is 0 Å². The van der Waals surface area contributed by atoms with E-state index in [9.17, 15) is 0 Å². The van der Waals surface area contributed by atoms with E-state index in [1.54, 1.807) is 0 Å². The summed E-state index contributed by atoms with van der Waals surface area (Å²) in [5, 5.41) is 0. The van der Waals surface area contributed by atoms with Crippen molar-refractivity contribution in [2.45, 2.75) is 136 Å². The summed E-state index contributed by atoms with van der Waals surface area (Å²) >= 11 is 0. The molecule has 11 rings (SSSR count). The van der Waals surface area contributed by atoms with Crippen LogP contribution in [0.4, 0.5) is 34.1 Å². The van der Waals surface area contributed by atoms with Crippen molar-refractivity contribution in [1.82, 2.24) is 0 Å². The van der Waals surface area contributed by atoms with Crippen molar-refractivity contribution < 1.29 is 0 Å². The molecule has 2 heterocycles. The van der Waals surface area contributed by atoms with Gasteiger partial charge >= 0.3 is 0 Å². The summed E-state index contributed by atoms with van der Waals surface area (Å²) in [5.41, 5.74) is 25.9. The number of hydrogen-bond acceptors (Lipinski definition) is 2. The number of hydrogen-bond donors (Lipinski definition) is 0. The number of aryl methyl sites for hydroxylation is 3. The van der Waals surface area contributed by atoms with Crippen LogP contribution in [-0.4, -0.2) is 6.71 Å². The first kappa shape index (κ1) is 52.7. The van der Waals surface area contributed by atoms with Crippen LogP contribution in [0.3, 0.4) is 0 Å². The maximum atomic E-state index is 2.74. The van der Waals surface area contributed by atoms with Crippen LogP contribution in [0.5, 0.6) is 0 Å². The number of anilines is 6. The number of benzene rings is 9. The highest BCUT2D eigenvalue weighted by molar-refractivity contribution is 7.00. The van der Waals surface area contributed by atoms with E-state index >= 15 is 0 Å². The van der Waals surface area contributed by atoms with Gasteiger partial charge in [0, 0.05) is 45.0 Å². The lowest BCUT2D eigenvalue weighted by molar-refractivity contribution is 0.632. The molecule has 0 unspecified atom stereocenters. The van der Waals surface area contributed by atoms with E-state index in [1.807, 2.05) is 0 Å². The monoisotopic (exact) mass is 1020 g/mol. The maximum absolute atomic E-state index is 2.74. The molecule has 78 heavy (non-hydrogen) atoms. The molecule has 0 N–H and O–H groups in total. The van der Waals surface area contributed by atoms with Crippen LogP contribution in [0.25, 0.3) is 44.5 Å². The molecule has 0 amide bonds. The van der Waals surface area contributed by atoms with Gasteiger partial charge in [-0.1, -0.05) is 280 Å². The first-order chi connectivity index (χ1) is 38.6. The Balaban J connectivity index is 1.24. The van der Waals surface area contributed by atoms with Crippen LogP contribution >= 0.6 is 0 Å². The Hall–Kier alpha value is -7.36. The van der Waals surface area contributed by atoms with Gasteiger partial charge in [-0.2, -0.15) is 0 Å². The Labute approximate surface area is 468 Å². The quantitative estimate of drug-likeness (QED) is 0.0440. The molecule has 392 valence electrons. The van der Waals surface area contributed by atoms with Crippen LogP contribution in [0, 0.1) is 0 Å². The first-order valence-electron chi connectivity index (χ1n) is 30.2. The second kappa shape index (κ2) is 25.4. The number of unbranched alkanes of at least 4 members (excludes halogenated alkanes) is 12. The summed E-state index contributed by atoms with van der Waals surface area (Å²) in [4.78, 5) is 5.48. The van der Waals surface area contributed by atoms with Crippen molar-refractivity contribution in [3.05, 3.63) is 223 Å². The summed E-state index contributed by atoms with van der Waals surface area (Å²) in [5.74, 6) is 0. The number of para-hydroxylation sites is 2. The Kier molecular flexibility index (Phi) is 17.2. The molecule has 0 spiro atoms. The lowest BCUT2D eigenvalue weighted by atomic mass is 9.33. The van der Waals surface area contributed by atoms with Crippen molar-refractivity contribution in [3.8, 4) is 44.5 Å². The standard InChI is InChI=1S/C75H79BN2/c1-4-7-10-13-20-33-56-48-50-69-67(52-56)76-68-53-57(34-21-14-11-8-5-2)49-51-70(68)78(75-65(61-40-27-18-28-41-61)46-32-47-66(75)62-42-29-19-30-43-62)72-55-58(35-22-15-12-9-6-3)54-71(73(72)76)77(69)74-63(59-36-23-16-24-37-59)44-31-45-64(74)60-38-25-17-26-39-60/h16-19,23-32,36-55H,4-15,20-22,33-35H2,1-3H3. The molecule has 0 radical (unpaired) electrons.